The Kier molecular flexibility index (Phi) is 3.79. The second-order valence-electron chi connectivity index (χ2n) is 6.53. The zero-order valence-electron chi connectivity index (χ0n) is 12.5. The highest BCUT2D eigenvalue weighted by Crippen LogP contribution is 2.49. The van der Waals surface area contributed by atoms with Gasteiger partial charge in [-0.2, -0.15) is 4.31 Å². The van der Waals surface area contributed by atoms with Crippen LogP contribution in [0.5, 0.6) is 0 Å². The number of aromatic nitrogens is 1. The summed E-state index contributed by atoms with van der Waals surface area (Å²) in [6, 6.07) is 0. The third kappa shape index (κ3) is 2.67. The third-order valence-electron chi connectivity index (χ3n) is 4.89. The monoisotopic (exact) mass is 334 g/mol. The Hall–Kier alpha value is -1.02. The maximum Gasteiger partial charge on any atom is 0.254 e. The maximum atomic E-state index is 14.2. The van der Waals surface area contributed by atoms with Gasteiger partial charge in [0.25, 0.3) is 5.92 Å². The van der Waals surface area contributed by atoms with Crippen molar-refractivity contribution in [1.29, 1.82) is 0 Å². The second-order valence-corrected chi connectivity index (χ2v) is 8.50. The van der Waals surface area contributed by atoms with Gasteiger partial charge in [-0.1, -0.05) is 13.3 Å². The highest BCUT2D eigenvalue weighted by Gasteiger charge is 2.54. The fourth-order valence-electron chi connectivity index (χ4n) is 3.35. The molecule has 1 saturated carbocycles. The molecule has 0 N–H and O–H groups in total. The first-order valence-corrected chi connectivity index (χ1v) is 9.11. The van der Waals surface area contributed by atoms with Gasteiger partial charge in [-0.15, -0.1) is 0 Å². The molecule has 1 fully saturated rings. The Morgan fingerprint density at radius 3 is 2.82 bits per heavy atom. The number of hydrogen-bond acceptors (Lipinski definition) is 4. The van der Waals surface area contributed by atoms with Crippen LogP contribution >= 0.6 is 0 Å². The first-order chi connectivity index (χ1) is 10.2. The molecule has 0 amide bonds. The molecule has 0 radical (unpaired) electrons. The number of rotatable bonds is 3. The number of alkyl halides is 2. The molecule has 2 aliphatic rings. The summed E-state index contributed by atoms with van der Waals surface area (Å²) in [4.78, 5) is 3.99. The van der Waals surface area contributed by atoms with Crippen LogP contribution in [-0.2, 0) is 23.0 Å². The van der Waals surface area contributed by atoms with Crippen molar-refractivity contribution in [3.05, 3.63) is 17.8 Å². The van der Waals surface area contributed by atoms with E-state index in [1.165, 1.54) is 17.6 Å². The summed E-state index contributed by atoms with van der Waals surface area (Å²) in [5.41, 5.74) is -0.913. The number of hydrogen-bond donors (Lipinski definition) is 0. The molecule has 1 aliphatic heterocycles. The van der Waals surface area contributed by atoms with Crippen LogP contribution in [0.3, 0.4) is 0 Å². The molecule has 3 rings (SSSR count). The highest BCUT2D eigenvalue weighted by atomic mass is 32.2. The summed E-state index contributed by atoms with van der Waals surface area (Å²) in [5.74, 6) is -2.77. The lowest BCUT2D eigenvalue weighted by Crippen LogP contribution is -2.50. The Morgan fingerprint density at radius 2 is 2.09 bits per heavy atom. The fraction of sp³-hybridized carbons (Fsp3) is 0.786. The van der Waals surface area contributed by atoms with Crippen molar-refractivity contribution in [2.75, 3.05) is 12.3 Å². The molecule has 1 aromatic heterocycles. The minimum absolute atomic E-state index is 0.107. The number of nitrogens with zero attached hydrogens (tertiary/aromatic N) is 2. The van der Waals surface area contributed by atoms with Gasteiger partial charge in [-0.25, -0.2) is 22.2 Å². The molecule has 0 bridgehead atoms. The van der Waals surface area contributed by atoms with Gasteiger partial charge in [0.1, 0.15) is 5.76 Å². The fourth-order valence-corrected chi connectivity index (χ4v) is 5.39. The minimum atomic E-state index is -3.76. The number of sulfonamides is 1. The zero-order valence-corrected chi connectivity index (χ0v) is 13.3. The lowest BCUT2D eigenvalue weighted by atomic mass is 9.74. The number of halogens is 2. The summed E-state index contributed by atoms with van der Waals surface area (Å²) < 4.78 is 60.1. The van der Waals surface area contributed by atoms with Crippen molar-refractivity contribution >= 4 is 10.0 Å². The molecule has 5 nitrogen and oxygen atoms in total. The molecule has 0 spiro atoms. The van der Waals surface area contributed by atoms with Crippen molar-refractivity contribution in [2.45, 2.75) is 51.5 Å². The SMILES string of the molecule is CC1(CS(=O)(=O)N2CCc3ocnc3C2)CCCCC1(F)F. The van der Waals surface area contributed by atoms with Gasteiger partial charge >= 0.3 is 0 Å². The van der Waals surface area contributed by atoms with Gasteiger partial charge in [0.05, 0.1) is 18.0 Å². The van der Waals surface area contributed by atoms with E-state index in [0.717, 1.165) is 0 Å². The quantitative estimate of drug-likeness (QED) is 0.852. The van der Waals surface area contributed by atoms with E-state index in [1.807, 2.05) is 0 Å². The maximum absolute atomic E-state index is 14.2. The van der Waals surface area contributed by atoms with E-state index < -0.39 is 27.1 Å². The van der Waals surface area contributed by atoms with E-state index in [0.29, 0.717) is 30.7 Å². The van der Waals surface area contributed by atoms with Crippen molar-refractivity contribution in [1.82, 2.24) is 9.29 Å². The first kappa shape index (κ1) is 15.9. The second kappa shape index (κ2) is 5.26. The summed E-state index contributed by atoms with van der Waals surface area (Å²) in [6.07, 6.45) is 2.83. The van der Waals surface area contributed by atoms with Crippen molar-refractivity contribution in [2.24, 2.45) is 5.41 Å². The van der Waals surface area contributed by atoms with Gasteiger partial charge in [-0.3, -0.25) is 0 Å². The van der Waals surface area contributed by atoms with Gasteiger partial charge in [-0.05, 0) is 12.8 Å². The first-order valence-electron chi connectivity index (χ1n) is 7.50. The summed E-state index contributed by atoms with van der Waals surface area (Å²) >= 11 is 0. The normalized spacial score (nSPS) is 29.2. The molecule has 0 saturated heterocycles. The number of oxazole rings is 1. The van der Waals surface area contributed by atoms with Crippen LogP contribution in [0, 0.1) is 5.41 Å². The van der Waals surface area contributed by atoms with Crippen LogP contribution in [0.15, 0.2) is 10.8 Å². The van der Waals surface area contributed by atoms with Crippen LogP contribution < -0.4 is 0 Å². The molecule has 8 heteroatoms. The lowest BCUT2D eigenvalue weighted by molar-refractivity contribution is -0.130. The average Bonchev–Trinajstić information content (AvgIpc) is 2.89. The van der Waals surface area contributed by atoms with E-state index >= 15 is 0 Å². The third-order valence-corrected chi connectivity index (χ3v) is 6.99. The molecule has 1 atom stereocenters. The Bertz CT molecular complexity index is 659. The summed E-state index contributed by atoms with van der Waals surface area (Å²) in [5, 5.41) is 0. The predicted molar refractivity (Wildman–Crippen MR) is 75.9 cm³/mol. The smallest absolute Gasteiger partial charge is 0.254 e. The molecule has 1 unspecified atom stereocenters. The van der Waals surface area contributed by atoms with Crippen LogP contribution in [0.1, 0.15) is 44.1 Å². The van der Waals surface area contributed by atoms with Crippen LogP contribution in [-0.4, -0.2) is 35.9 Å². The van der Waals surface area contributed by atoms with Gasteiger partial charge in [0.2, 0.25) is 10.0 Å². The average molecular weight is 334 g/mol. The van der Waals surface area contributed by atoms with E-state index in [4.69, 9.17) is 4.42 Å². The highest BCUT2D eigenvalue weighted by molar-refractivity contribution is 7.89. The Balaban J connectivity index is 1.79. The van der Waals surface area contributed by atoms with E-state index in [2.05, 4.69) is 4.98 Å². The molecular formula is C14H20F2N2O3S. The van der Waals surface area contributed by atoms with Crippen molar-refractivity contribution in [3.63, 3.8) is 0 Å². The zero-order chi connectivity index (χ0) is 16.0. The van der Waals surface area contributed by atoms with Gasteiger partial charge < -0.3 is 4.42 Å². The predicted octanol–water partition coefficient (Wildman–Crippen LogP) is 2.58. The Morgan fingerprint density at radius 1 is 1.36 bits per heavy atom. The summed E-state index contributed by atoms with van der Waals surface area (Å²) in [6.45, 7) is 1.76. The van der Waals surface area contributed by atoms with Crippen LogP contribution in [0.2, 0.25) is 0 Å². The largest absolute Gasteiger partial charge is 0.448 e. The molecule has 1 aliphatic carbocycles. The van der Waals surface area contributed by atoms with Gasteiger partial charge in [0, 0.05) is 24.8 Å². The standard InChI is InChI=1S/C14H20F2N2O3S/c1-13(5-2-3-6-14(13,15)16)9-22(19,20)18-7-4-12-11(8-18)17-10-21-12/h10H,2-9H2,1H3. The molecule has 1 aromatic rings. The minimum Gasteiger partial charge on any atom is -0.448 e. The van der Waals surface area contributed by atoms with E-state index in [1.54, 1.807) is 0 Å². The lowest BCUT2D eigenvalue weighted by Gasteiger charge is -2.41. The van der Waals surface area contributed by atoms with Crippen molar-refractivity contribution < 1.29 is 21.6 Å². The van der Waals surface area contributed by atoms with E-state index in [9.17, 15) is 17.2 Å². The molecule has 22 heavy (non-hydrogen) atoms. The molecule has 0 aromatic carbocycles. The summed E-state index contributed by atoms with van der Waals surface area (Å²) in [7, 11) is -3.76. The van der Waals surface area contributed by atoms with Crippen molar-refractivity contribution in [3.8, 4) is 0 Å². The molecule has 2 heterocycles. The van der Waals surface area contributed by atoms with Crippen LogP contribution in [0.4, 0.5) is 8.78 Å². The number of fused-ring (bicyclic) bond motifs is 1. The van der Waals surface area contributed by atoms with Gasteiger partial charge in [0.15, 0.2) is 6.39 Å². The van der Waals surface area contributed by atoms with Crippen LogP contribution in [0.25, 0.3) is 0 Å². The van der Waals surface area contributed by atoms with E-state index in [-0.39, 0.29) is 25.9 Å². The Labute approximate surface area is 128 Å². The molecule has 124 valence electrons. The topological polar surface area (TPSA) is 63.4 Å². The molecular weight excluding hydrogens is 314 g/mol.